The van der Waals surface area contributed by atoms with E-state index in [-0.39, 0.29) is 5.91 Å². The maximum absolute atomic E-state index is 13.6. The maximum atomic E-state index is 13.6. The number of aromatic amines is 1. The Bertz CT molecular complexity index is 1530. The van der Waals surface area contributed by atoms with Gasteiger partial charge in [-0.1, -0.05) is 12.1 Å². The number of nitrogens with zero attached hydrogens (tertiary/aromatic N) is 2. The molecule has 8 nitrogen and oxygen atoms in total. The molecule has 2 heterocycles. The first kappa shape index (κ1) is 23.9. The number of amides is 1. The van der Waals surface area contributed by atoms with Gasteiger partial charge in [-0.15, -0.1) is 0 Å². The molecule has 0 atom stereocenters. The molecule has 0 unspecified atom stereocenters. The zero-order valence-electron chi connectivity index (χ0n) is 20.7. The number of fused-ring (bicyclic) bond motifs is 1. The van der Waals surface area contributed by atoms with Crippen LogP contribution in [0.5, 0.6) is 17.2 Å². The number of hydrogen-bond donors (Lipinski definition) is 2. The normalized spacial score (nSPS) is 10.8. The molecule has 0 bridgehead atoms. The van der Waals surface area contributed by atoms with Crippen LogP contribution < -0.4 is 19.5 Å². The van der Waals surface area contributed by atoms with Gasteiger partial charge < -0.3 is 19.5 Å². The number of ether oxygens (including phenoxy) is 3. The van der Waals surface area contributed by atoms with Crippen LogP contribution in [-0.4, -0.2) is 42.4 Å². The van der Waals surface area contributed by atoms with Crippen molar-refractivity contribution in [3.63, 3.8) is 0 Å². The van der Waals surface area contributed by atoms with E-state index in [1.807, 2.05) is 72.8 Å². The fourth-order valence-corrected chi connectivity index (χ4v) is 4.10. The first-order valence-electron chi connectivity index (χ1n) is 11.7. The van der Waals surface area contributed by atoms with E-state index >= 15 is 0 Å². The highest BCUT2D eigenvalue weighted by Crippen LogP contribution is 2.32. The van der Waals surface area contributed by atoms with Crippen LogP contribution in [0.3, 0.4) is 0 Å². The third-order valence-corrected chi connectivity index (χ3v) is 6.15. The summed E-state index contributed by atoms with van der Waals surface area (Å²) in [5.41, 5.74) is 4.95. The van der Waals surface area contributed by atoms with Crippen molar-refractivity contribution in [2.24, 2.45) is 0 Å². The molecule has 5 rings (SSSR count). The van der Waals surface area contributed by atoms with Gasteiger partial charge in [0.05, 0.1) is 43.7 Å². The fourth-order valence-electron chi connectivity index (χ4n) is 4.10. The van der Waals surface area contributed by atoms with Crippen LogP contribution in [0.4, 0.5) is 0 Å². The summed E-state index contributed by atoms with van der Waals surface area (Å²) in [6, 6.07) is 24.5. The van der Waals surface area contributed by atoms with E-state index < -0.39 is 0 Å². The van der Waals surface area contributed by atoms with Crippen LogP contribution >= 0.6 is 0 Å². The Morgan fingerprint density at radius 2 is 1.32 bits per heavy atom. The maximum Gasteiger partial charge on any atom is 0.252 e. The second-order valence-corrected chi connectivity index (χ2v) is 8.34. The molecule has 0 aliphatic carbocycles. The van der Waals surface area contributed by atoms with Crippen molar-refractivity contribution >= 4 is 16.9 Å². The van der Waals surface area contributed by atoms with Crippen molar-refractivity contribution in [1.29, 1.82) is 0 Å². The zero-order valence-corrected chi connectivity index (χ0v) is 20.7. The monoisotopic (exact) mass is 494 g/mol. The third-order valence-electron chi connectivity index (χ3n) is 6.15. The molecule has 0 radical (unpaired) electrons. The molecule has 3 aromatic carbocycles. The molecule has 186 valence electrons. The molecular formula is C29H26N4O4. The minimum absolute atomic E-state index is 0.228. The summed E-state index contributed by atoms with van der Waals surface area (Å²) in [6.07, 6.45) is 0. The second kappa shape index (κ2) is 10.4. The van der Waals surface area contributed by atoms with Gasteiger partial charge in [-0.25, -0.2) is 4.98 Å². The van der Waals surface area contributed by atoms with E-state index in [2.05, 4.69) is 15.5 Å². The predicted molar refractivity (Wildman–Crippen MR) is 142 cm³/mol. The predicted octanol–water partition coefficient (Wildman–Crippen LogP) is 5.25. The van der Waals surface area contributed by atoms with Gasteiger partial charge in [0.15, 0.2) is 5.65 Å². The lowest BCUT2D eigenvalue weighted by Crippen LogP contribution is -2.23. The Labute approximate surface area is 214 Å². The van der Waals surface area contributed by atoms with Crippen molar-refractivity contribution in [3.05, 3.63) is 90.0 Å². The van der Waals surface area contributed by atoms with E-state index in [0.29, 0.717) is 34.5 Å². The molecule has 2 aromatic heterocycles. The smallest absolute Gasteiger partial charge is 0.252 e. The molecule has 8 heteroatoms. The Balaban J connectivity index is 1.56. The van der Waals surface area contributed by atoms with Crippen LogP contribution in [0, 0.1) is 0 Å². The van der Waals surface area contributed by atoms with Crippen molar-refractivity contribution in [1.82, 2.24) is 20.5 Å². The lowest BCUT2D eigenvalue weighted by molar-refractivity contribution is 0.0952. The second-order valence-electron chi connectivity index (χ2n) is 8.34. The standard InChI is InChI=1S/C29H26N4O4/c1-35-21-10-4-18(5-11-21)17-30-29(34)24-16-25(19-6-12-22(36-2)13-7-19)31-28-26(24)27(32-33-28)20-8-14-23(37-3)15-9-20/h4-16H,17H2,1-3H3,(H,30,34)(H,31,32,33). The Morgan fingerprint density at radius 3 is 1.89 bits per heavy atom. The Morgan fingerprint density at radius 1 is 0.784 bits per heavy atom. The van der Waals surface area contributed by atoms with Gasteiger partial charge in [-0.2, -0.15) is 5.10 Å². The highest BCUT2D eigenvalue weighted by molar-refractivity contribution is 6.11. The molecule has 0 saturated heterocycles. The van der Waals surface area contributed by atoms with E-state index in [4.69, 9.17) is 19.2 Å². The third kappa shape index (κ3) is 4.95. The highest BCUT2D eigenvalue weighted by atomic mass is 16.5. The summed E-state index contributed by atoms with van der Waals surface area (Å²) < 4.78 is 15.8. The van der Waals surface area contributed by atoms with E-state index in [1.54, 1.807) is 27.4 Å². The lowest BCUT2D eigenvalue weighted by atomic mass is 10.0. The van der Waals surface area contributed by atoms with Crippen LogP contribution in [0.25, 0.3) is 33.5 Å². The van der Waals surface area contributed by atoms with Gasteiger partial charge >= 0.3 is 0 Å². The summed E-state index contributed by atoms with van der Waals surface area (Å²) in [6.45, 7) is 0.361. The Hall–Kier alpha value is -4.85. The number of H-pyrrole nitrogens is 1. The molecule has 0 aliphatic heterocycles. The number of benzene rings is 3. The minimum Gasteiger partial charge on any atom is -0.497 e. The van der Waals surface area contributed by atoms with Crippen LogP contribution in [0.2, 0.25) is 0 Å². The molecular weight excluding hydrogens is 468 g/mol. The zero-order chi connectivity index (χ0) is 25.8. The van der Waals surface area contributed by atoms with E-state index in [0.717, 1.165) is 33.9 Å². The summed E-state index contributed by atoms with van der Waals surface area (Å²) in [5, 5.41) is 11.2. The summed E-state index contributed by atoms with van der Waals surface area (Å²) in [5.74, 6) is 2.01. The van der Waals surface area contributed by atoms with Gasteiger partial charge in [0.25, 0.3) is 5.91 Å². The van der Waals surface area contributed by atoms with Crippen molar-refractivity contribution in [2.45, 2.75) is 6.54 Å². The average molecular weight is 495 g/mol. The number of hydrogen-bond acceptors (Lipinski definition) is 6. The fraction of sp³-hybridized carbons (Fsp3) is 0.138. The highest BCUT2D eigenvalue weighted by Gasteiger charge is 2.20. The van der Waals surface area contributed by atoms with E-state index in [1.165, 1.54) is 0 Å². The average Bonchev–Trinajstić information content (AvgIpc) is 3.40. The van der Waals surface area contributed by atoms with Gasteiger partial charge in [0, 0.05) is 17.7 Å². The molecule has 1 amide bonds. The molecule has 0 spiro atoms. The molecule has 37 heavy (non-hydrogen) atoms. The first-order chi connectivity index (χ1) is 18.1. The molecule has 2 N–H and O–H groups in total. The Kier molecular flexibility index (Phi) is 6.72. The number of carbonyl (C=O) groups is 1. The van der Waals surface area contributed by atoms with Crippen LogP contribution in [0.15, 0.2) is 78.9 Å². The van der Waals surface area contributed by atoms with Crippen molar-refractivity contribution in [2.75, 3.05) is 21.3 Å². The molecule has 0 saturated carbocycles. The molecule has 5 aromatic rings. The number of nitrogens with one attached hydrogen (secondary N) is 2. The summed E-state index contributed by atoms with van der Waals surface area (Å²) >= 11 is 0. The topological polar surface area (TPSA) is 98.4 Å². The number of rotatable bonds is 8. The van der Waals surface area contributed by atoms with Gasteiger partial charge in [-0.3, -0.25) is 9.89 Å². The largest absolute Gasteiger partial charge is 0.497 e. The van der Waals surface area contributed by atoms with Crippen LogP contribution in [0.1, 0.15) is 15.9 Å². The first-order valence-corrected chi connectivity index (χ1v) is 11.7. The number of carbonyl (C=O) groups excluding carboxylic acids is 1. The lowest BCUT2D eigenvalue weighted by Gasteiger charge is -2.11. The molecule has 0 fully saturated rings. The minimum atomic E-state index is -0.228. The van der Waals surface area contributed by atoms with E-state index in [9.17, 15) is 4.79 Å². The van der Waals surface area contributed by atoms with Gasteiger partial charge in [0.2, 0.25) is 0 Å². The summed E-state index contributed by atoms with van der Waals surface area (Å²) in [7, 11) is 4.86. The van der Waals surface area contributed by atoms with Gasteiger partial charge in [-0.05, 0) is 72.3 Å². The van der Waals surface area contributed by atoms with Gasteiger partial charge in [0.1, 0.15) is 17.2 Å². The quantitative estimate of drug-likeness (QED) is 0.306. The van der Waals surface area contributed by atoms with Crippen LogP contribution in [-0.2, 0) is 6.54 Å². The number of methoxy groups -OCH3 is 3. The number of aromatic nitrogens is 3. The summed E-state index contributed by atoms with van der Waals surface area (Å²) in [4.78, 5) is 18.3. The SMILES string of the molecule is COc1ccc(CNC(=O)c2cc(-c3ccc(OC)cc3)nc3n[nH]c(-c4ccc(OC)cc4)c23)cc1. The van der Waals surface area contributed by atoms with Crippen molar-refractivity contribution < 1.29 is 19.0 Å². The number of pyridine rings is 1. The molecule has 0 aliphatic rings. The van der Waals surface area contributed by atoms with Crippen molar-refractivity contribution in [3.8, 4) is 39.8 Å².